The Morgan fingerprint density at radius 3 is 2.52 bits per heavy atom. The number of nitrogens with zero attached hydrogens (tertiary/aromatic N) is 1. The van der Waals surface area contributed by atoms with Crippen LogP contribution in [-0.2, 0) is 4.79 Å². The van der Waals surface area contributed by atoms with Crippen LogP contribution in [0.4, 0.5) is 17.2 Å². The molecule has 0 atom stereocenters. The van der Waals surface area contributed by atoms with Crippen LogP contribution >= 0.6 is 23.2 Å². The maximum absolute atomic E-state index is 12.0. The van der Waals surface area contributed by atoms with Crippen molar-refractivity contribution < 1.29 is 4.79 Å². The topological polar surface area (TPSA) is 54.0 Å². The van der Waals surface area contributed by atoms with Crippen molar-refractivity contribution >= 4 is 46.3 Å². The molecule has 0 saturated carbocycles. The SMILES string of the molecule is CCC(CC)C(=O)Nc1ccc(Nc2cccc(Cl)c2Cl)nc1. The molecule has 0 fully saturated rings. The maximum Gasteiger partial charge on any atom is 0.227 e. The van der Waals surface area contributed by atoms with Crippen LogP contribution in [0.25, 0.3) is 0 Å². The van der Waals surface area contributed by atoms with Crippen molar-refractivity contribution in [1.29, 1.82) is 0 Å². The average Bonchev–Trinajstić information content (AvgIpc) is 2.55. The van der Waals surface area contributed by atoms with E-state index >= 15 is 0 Å². The third kappa shape index (κ3) is 4.60. The molecule has 0 radical (unpaired) electrons. The highest BCUT2D eigenvalue weighted by Gasteiger charge is 2.14. The number of amides is 1. The second-order valence-corrected chi connectivity index (χ2v) is 5.95. The van der Waals surface area contributed by atoms with Crippen LogP contribution in [-0.4, -0.2) is 10.9 Å². The van der Waals surface area contributed by atoms with E-state index in [9.17, 15) is 4.79 Å². The fourth-order valence-corrected chi connectivity index (χ4v) is 2.53. The van der Waals surface area contributed by atoms with Crippen molar-refractivity contribution in [3.8, 4) is 0 Å². The molecule has 2 aromatic rings. The molecule has 1 aromatic carbocycles. The fourth-order valence-electron chi connectivity index (χ4n) is 2.18. The smallest absolute Gasteiger partial charge is 0.227 e. The van der Waals surface area contributed by atoms with Crippen molar-refractivity contribution in [1.82, 2.24) is 4.98 Å². The number of carbonyl (C=O) groups excluding carboxylic acids is 1. The number of halogens is 2. The molecule has 0 aliphatic carbocycles. The molecular formula is C17H19Cl2N3O. The zero-order valence-corrected chi connectivity index (χ0v) is 14.6. The van der Waals surface area contributed by atoms with Gasteiger partial charge in [-0.25, -0.2) is 4.98 Å². The minimum atomic E-state index is 0.0235. The molecule has 2 N–H and O–H groups in total. The Bertz CT molecular complexity index is 670. The van der Waals surface area contributed by atoms with Gasteiger partial charge in [0.05, 0.1) is 27.6 Å². The van der Waals surface area contributed by atoms with E-state index in [0.29, 0.717) is 27.2 Å². The largest absolute Gasteiger partial charge is 0.339 e. The predicted molar refractivity (Wildman–Crippen MR) is 96.7 cm³/mol. The molecule has 0 saturated heterocycles. The lowest BCUT2D eigenvalue weighted by Crippen LogP contribution is -2.21. The third-order valence-corrected chi connectivity index (χ3v) is 4.42. The summed E-state index contributed by atoms with van der Waals surface area (Å²) >= 11 is 12.1. The Morgan fingerprint density at radius 1 is 1.17 bits per heavy atom. The summed E-state index contributed by atoms with van der Waals surface area (Å²) in [5, 5.41) is 6.90. The van der Waals surface area contributed by atoms with Crippen molar-refractivity contribution in [3.05, 3.63) is 46.6 Å². The van der Waals surface area contributed by atoms with Gasteiger partial charge in [0.15, 0.2) is 0 Å². The molecule has 0 aliphatic heterocycles. The Balaban J connectivity index is 2.05. The first kappa shape index (κ1) is 17.6. The number of hydrogen-bond acceptors (Lipinski definition) is 3. The van der Waals surface area contributed by atoms with Crippen molar-refractivity contribution in [3.63, 3.8) is 0 Å². The van der Waals surface area contributed by atoms with E-state index in [1.807, 2.05) is 19.9 Å². The number of benzene rings is 1. The number of anilines is 3. The van der Waals surface area contributed by atoms with Gasteiger partial charge >= 0.3 is 0 Å². The van der Waals surface area contributed by atoms with Gasteiger partial charge in [0.25, 0.3) is 0 Å². The number of aromatic nitrogens is 1. The predicted octanol–water partition coefficient (Wildman–Crippen LogP) is 5.51. The number of hydrogen-bond donors (Lipinski definition) is 2. The minimum Gasteiger partial charge on any atom is -0.339 e. The molecule has 0 bridgehead atoms. The Labute approximate surface area is 146 Å². The molecule has 122 valence electrons. The van der Waals surface area contributed by atoms with Gasteiger partial charge in [-0.2, -0.15) is 0 Å². The number of pyridine rings is 1. The number of nitrogens with one attached hydrogen (secondary N) is 2. The minimum absolute atomic E-state index is 0.0235. The molecule has 0 unspecified atom stereocenters. The number of carbonyl (C=O) groups is 1. The van der Waals surface area contributed by atoms with E-state index < -0.39 is 0 Å². The Hall–Kier alpha value is -1.78. The standard InChI is InChI=1S/C17H19Cl2N3O/c1-3-11(4-2)17(23)21-12-8-9-15(20-10-12)22-14-7-5-6-13(18)16(14)19/h5-11H,3-4H2,1-2H3,(H,20,22)(H,21,23). The van der Waals surface area contributed by atoms with E-state index in [0.717, 1.165) is 12.8 Å². The summed E-state index contributed by atoms with van der Waals surface area (Å²) in [7, 11) is 0. The van der Waals surface area contributed by atoms with Gasteiger partial charge in [-0.05, 0) is 37.1 Å². The lowest BCUT2D eigenvalue weighted by Gasteiger charge is -2.13. The van der Waals surface area contributed by atoms with Crippen LogP contribution in [0.15, 0.2) is 36.5 Å². The zero-order chi connectivity index (χ0) is 16.8. The summed E-state index contributed by atoms with van der Waals surface area (Å²) in [4.78, 5) is 16.3. The van der Waals surface area contributed by atoms with Crippen molar-refractivity contribution in [2.45, 2.75) is 26.7 Å². The molecule has 1 aromatic heterocycles. The van der Waals surface area contributed by atoms with E-state index in [4.69, 9.17) is 23.2 Å². The molecule has 6 heteroatoms. The van der Waals surface area contributed by atoms with Crippen LogP contribution in [0.5, 0.6) is 0 Å². The summed E-state index contributed by atoms with van der Waals surface area (Å²) in [5.74, 6) is 0.670. The second kappa shape index (κ2) is 8.18. The van der Waals surface area contributed by atoms with Crippen LogP contribution in [0.1, 0.15) is 26.7 Å². The van der Waals surface area contributed by atoms with Gasteiger partial charge in [-0.1, -0.05) is 43.1 Å². The first-order chi connectivity index (χ1) is 11.0. The van der Waals surface area contributed by atoms with Crippen LogP contribution in [0.2, 0.25) is 10.0 Å². The summed E-state index contributed by atoms with van der Waals surface area (Å²) in [6, 6.07) is 8.92. The highest BCUT2D eigenvalue weighted by molar-refractivity contribution is 6.43. The van der Waals surface area contributed by atoms with E-state index in [2.05, 4.69) is 15.6 Å². The van der Waals surface area contributed by atoms with Gasteiger partial charge < -0.3 is 10.6 Å². The van der Waals surface area contributed by atoms with Crippen molar-refractivity contribution in [2.24, 2.45) is 5.92 Å². The van der Waals surface area contributed by atoms with Crippen LogP contribution < -0.4 is 10.6 Å². The van der Waals surface area contributed by atoms with Gasteiger partial charge in [0.1, 0.15) is 5.82 Å². The maximum atomic E-state index is 12.0. The Kier molecular flexibility index (Phi) is 6.25. The lowest BCUT2D eigenvalue weighted by atomic mass is 10.0. The molecule has 4 nitrogen and oxygen atoms in total. The molecule has 0 spiro atoms. The molecule has 1 heterocycles. The zero-order valence-electron chi connectivity index (χ0n) is 13.1. The highest BCUT2D eigenvalue weighted by atomic mass is 35.5. The number of rotatable bonds is 6. The first-order valence-corrected chi connectivity index (χ1v) is 8.28. The summed E-state index contributed by atoms with van der Waals surface area (Å²) < 4.78 is 0. The molecule has 0 aliphatic rings. The Morgan fingerprint density at radius 2 is 1.91 bits per heavy atom. The molecular weight excluding hydrogens is 333 g/mol. The lowest BCUT2D eigenvalue weighted by molar-refractivity contribution is -0.120. The molecule has 1 amide bonds. The van der Waals surface area contributed by atoms with E-state index in [1.54, 1.807) is 30.5 Å². The fraction of sp³-hybridized carbons (Fsp3) is 0.294. The normalized spacial score (nSPS) is 10.7. The summed E-state index contributed by atoms with van der Waals surface area (Å²) in [6.45, 7) is 4.02. The van der Waals surface area contributed by atoms with E-state index in [1.165, 1.54) is 0 Å². The second-order valence-electron chi connectivity index (χ2n) is 5.16. The third-order valence-electron chi connectivity index (χ3n) is 3.60. The van der Waals surface area contributed by atoms with Crippen LogP contribution in [0.3, 0.4) is 0 Å². The first-order valence-electron chi connectivity index (χ1n) is 7.53. The quantitative estimate of drug-likeness (QED) is 0.721. The summed E-state index contributed by atoms with van der Waals surface area (Å²) in [5.41, 5.74) is 1.35. The summed E-state index contributed by atoms with van der Waals surface area (Å²) in [6.07, 6.45) is 3.26. The molecule has 2 rings (SSSR count). The monoisotopic (exact) mass is 351 g/mol. The van der Waals surface area contributed by atoms with Gasteiger partial charge in [0, 0.05) is 5.92 Å². The van der Waals surface area contributed by atoms with Crippen molar-refractivity contribution in [2.75, 3.05) is 10.6 Å². The highest BCUT2D eigenvalue weighted by Crippen LogP contribution is 2.31. The van der Waals surface area contributed by atoms with Crippen LogP contribution in [0, 0.1) is 5.92 Å². The average molecular weight is 352 g/mol. The van der Waals surface area contributed by atoms with E-state index in [-0.39, 0.29) is 11.8 Å². The molecule has 23 heavy (non-hydrogen) atoms. The van der Waals surface area contributed by atoms with Gasteiger partial charge in [0.2, 0.25) is 5.91 Å². The van der Waals surface area contributed by atoms with Gasteiger partial charge in [-0.3, -0.25) is 4.79 Å². The van der Waals surface area contributed by atoms with Gasteiger partial charge in [-0.15, -0.1) is 0 Å².